The van der Waals surface area contributed by atoms with Gasteiger partial charge in [-0.1, -0.05) is 65.8 Å². The molecule has 0 amide bonds. The SMILES string of the molecule is CCNC(CCN(CC)CC)c1ccc(C(C)(C)C)cc1. The highest BCUT2D eigenvalue weighted by Gasteiger charge is 2.15. The van der Waals surface area contributed by atoms with Gasteiger partial charge in [-0.05, 0) is 49.1 Å². The van der Waals surface area contributed by atoms with Gasteiger partial charge in [0.15, 0.2) is 0 Å². The van der Waals surface area contributed by atoms with Crippen LogP contribution in [0, 0.1) is 0 Å². The van der Waals surface area contributed by atoms with Crippen LogP contribution >= 0.6 is 0 Å². The van der Waals surface area contributed by atoms with Crippen LogP contribution in [0.3, 0.4) is 0 Å². The fraction of sp³-hybridized carbons (Fsp3) is 0.684. The molecule has 0 aliphatic rings. The van der Waals surface area contributed by atoms with Crippen LogP contribution in [0.4, 0.5) is 0 Å². The van der Waals surface area contributed by atoms with Crippen LogP contribution in [0.15, 0.2) is 24.3 Å². The third-order valence-electron chi connectivity index (χ3n) is 4.26. The van der Waals surface area contributed by atoms with E-state index in [1.807, 2.05) is 0 Å². The van der Waals surface area contributed by atoms with Gasteiger partial charge in [-0.3, -0.25) is 0 Å². The van der Waals surface area contributed by atoms with E-state index in [0.29, 0.717) is 6.04 Å². The summed E-state index contributed by atoms with van der Waals surface area (Å²) in [6.45, 7) is 17.9. The molecule has 0 saturated carbocycles. The van der Waals surface area contributed by atoms with Crippen molar-refractivity contribution in [3.8, 4) is 0 Å². The zero-order chi connectivity index (χ0) is 15.9. The molecule has 21 heavy (non-hydrogen) atoms. The second-order valence-electron chi connectivity index (χ2n) is 6.80. The molecule has 1 atom stereocenters. The molecular formula is C19H34N2. The Hall–Kier alpha value is -0.860. The fourth-order valence-corrected chi connectivity index (χ4v) is 2.70. The zero-order valence-electron chi connectivity index (χ0n) is 14.9. The zero-order valence-corrected chi connectivity index (χ0v) is 14.9. The maximum absolute atomic E-state index is 3.63. The Morgan fingerprint density at radius 3 is 2.00 bits per heavy atom. The number of benzene rings is 1. The standard InChI is InChI=1S/C19H34N2/c1-7-20-18(14-15-21(8-2)9-3)16-10-12-17(13-11-16)19(4,5)6/h10-13,18,20H,7-9,14-15H2,1-6H3. The molecule has 0 heterocycles. The van der Waals surface area contributed by atoms with Gasteiger partial charge in [0.2, 0.25) is 0 Å². The topological polar surface area (TPSA) is 15.3 Å². The van der Waals surface area contributed by atoms with Gasteiger partial charge >= 0.3 is 0 Å². The van der Waals surface area contributed by atoms with Gasteiger partial charge in [-0.25, -0.2) is 0 Å². The number of rotatable bonds is 8. The van der Waals surface area contributed by atoms with E-state index in [4.69, 9.17) is 0 Å². The molecule has 2 heteroatoms. The third kappa shape index (κ3) is 5.80. The molecule has 1 unspecified atom stereocenters. The Labute approximate surface area is 131 Å². The van der Waals surface area contributed by atoms with Gasteiger partial charge in [0.1, 0.15) is 0 Å². The van der Waals surface area contributed by atoms with Crippen molar-refractivity contribution in [1.29, 1.82) is 0 Å². The predicted octanol–water partition coefficient (Wildman–Crippen LogP) is 4.37. The van der Waals surface area contributed by atoms with Crippen LogP contribution in [0.25, 0.3) is 0 Å². The number of hydrogen-bond acceptors (Lipinski definition) is 2. The van der Waals surface area contributed by atoms with Crippen molar-refractivity contribution >= 4 is 0 Å². The van der Waals surface area contributed by atoms with E-state index < -0.39 is 0 Å². The Balaban J connectivity index is 2.76. The molecule has 0 aromatic heterocycles. The minimum absolute atomic E-state index is 0.230. The maximum atomic E-state index is 3.63. The minimum atomic E-state index is 0.230. The van der Waals surface area contributed by atoms with E-state index in [2.05, 4.69) is 76.0 Å². The number of nitrogens with zero attached hydrogens (tertiary/aromatic N) is 1. The molecule has 120 valence electrons. The first-order chi connectivity index (χ1) is 9.92. The lowest BCUT2D eigenvalue weighted by Crippen LogP contribution is -2.29. The van der Waals surface area contributed by atoms with E-state index >= 15 is 0 Å². The lowest BCUT2D eigenvalue weighted by atomic mass is 9.86. The largest absolute Gasteiger partial charge is 0.310 e. The highest BCUT2D eigenvalue weighted by Crippen LogP contribution is 2.25. The van der Waals surface area contributed by atoms with E-state index in [0.717, 1.165) is 26.2 Å². The van der Waals surface area contributed by atoms with Crippen LogP contribution in [0.2, 0.25) is 0 Å². The Kier molecular flexibility index (Phi) is 7.41. The van der Waals surface area contributed by atoms with Crippen molar-refractivity contribution in [2.45, 2.75) is 59.4 Å². The summed E-state index contributed by atoms with van der Waals surface area (Å²) in [6.07, 6.45) is 1.17. The first kappa shape index (κ1) is 18.2. The molecule has 0 aliphatic carbocycles. The van der Waals surface area contributed by atoms with E-state index in [1.54, 1.807) is 0 Å². The van der Waals surface area contributed by atoms with Gasteiger partial charge in [0.05, 0.1) is 0 Å². The smallest absolute Gasteiger partial charge is 0.0332 e. The molecule has 1 aromatic carbocycles. The predicted molar refractivity (Wildman–Crippen MR) is 94.0 cm³/mol. The molecule has 0 bridgehead atoms. The first-order valence-electron chi connectivity index (χ1n) is 8.48. The molecule has 1 rings (SSSR count). The van der Waals surface area contributed by atoms with Gasteiger partial charge in [0, 0.05) is 6.04 Å². The first-order valence-corrected chi connectivity index (χ1v) is 8.48. The van der Waals surface area contributed by atoms with Gasteiger partial charge < -0.3 is 10.2 Å². The molecule has 0 fully saturated rings. The monoisotopic (exact) mass is 290 g/mol. The lowest BCUT2D eigenvalue weighted by Gasteiger charge is -2.25. The summed E-state index contributed by atoms with van der Waals surface area (Å²) in [5.74, 6) is 0. The van der Waals surface area contributed by atoms with Crippen molar-refractivity contribution in [1.82, 2.24) is 10.2 Å². The van der Waals surface area contributed by atoms with E-state index in [1.165, 1.54) is 17.5 Å². The van der Waals surface area contributed by atoms with Crippen LogP contribution in [0.5, 0.6) is 0 Å². The van der Waals surface area contributed by atoms with Crippen molar-refractivity contribution in [3.63, 3.8) is 0 Å². The molecule has 2 nitrogen and oxygen atoms in total. The minimum Gasteiger partial charge on any atom is -0.310 e. The molecule has 0 aliphatic heterocycles. The van der Waals surface area contributed by atoms with E-state index in [-0.39, 0.29) is 5.41 Å². The second-order valence-corrected chi connectivity index (χ2v) is 6.80. The molecule has 0 saturated heterocycles. The average Bonchev–Trinajstić information content (AvgIpc) is 2.46. The molecule has 1 aromatic rings. The summed E-state index contributed by atoms with van der Waals surface area (Å²) in [5, 5.41) is 3.63. The van der Waals surface area contributed by atoms with Crippen molar-refractivity contribution < 1.29 is 0 Å². The quantitative estimate of drug-likeness (QED) is 0.765. The van der Waals surface area contributed by atoms with Crippen LogP contribution in [-0.2, 0) is 5.41 Å². The Morgan fingerprint density at radius 2 is 1.57 bits per heavy atom. The summed E-state index contributed by atoms with van der Waals surface area (Å²) >= 11 is 0. The lowest BCUT2D eigenvalue weighted by molar-refractivity contribution is 0.282. The van der Waals surface area contributed by atoms with Crippen LogP contribution in [-0.4, -0.2) is 31.1 Å². The van der Waals surface area contributed by atoms with Gasteiger partial charge in [0.25, 0.3) is 0 Å². The summed E-state index contributed by atoms with van der Waals surface area (Å²) in [7, 11) is 0. The number of hydrogen-bond donors (Lipinski definition) is 1. The fourth-order valence-electron chi connectivity index (χ4n) is 2.70. The van der Waals surface area contributed by atoms with Gasteiger partial charge in [-0.15, -0.1) is 0 Å². The normalized spacial score (nSPS) is 13.7. The summed E-state index contributed by atoms with van der Waals surface area (Å²) < 4.78 is 0. The molecular weight excluding hydrogens is 256 g/mol. The third-order valence-corrected chi connectivity index (χ3v) is 4.26. The van der Waals surface area contributed by atoms with E-state index in [9.17, 15) is 0 Å². The molecule has 0 radical (unpaired) electrons. The average molecular weight is 290 g/mol. The van der Waals surface area contributed by atoms with Gasteiger partial charge in [-0.2, -0.15) is 0 Å². The molecule has 1 N–H and O–H groups in total. The maximum Gasteiger partial charge on any atom is 0.0332 e. The van der Waals surface area contributed by atoms with Crippen LogP contribution in [0.1, 0.15) is 65.1 Å². The summed E-state index contributed by atoms with van der Waals surface area (Å²) in [5.41, 5.74) is 3.05. The molecule has 0 spiro atoms. The van der Waals surface area contributed by atoms with Crippen molar-refractivity contribution in [3.05, 3.63) is 35.4 Å². The van der Waals surface area contributed by atoms with Crippen molar-refractivity contribution in [2.75, 3.05) is 26.2 Å². The van der Waals surface area contributed by atoms with Crippen molar-refractivity contribution in [2.24, 2.45) is 0 Å². The number of nitrogens with one attached hydrogen (secondary N) is 1. The Morgan fingerprint density at radius 1 is 1.00 bits per heavy atom. The highest BCUT2D eigenvalue weighted by atomic mass is 15.1. The Bertz CT molecular complexity index is 385. The van der Waals surface area contributed by atoms with Crippen LogP contribution < -0.4 is 5.32 Å². The highest BCUT2D eigenvalue weighted by molar-refractivity contribution is 5.29. The summed E-state index contributed by atoms with van der Waals surface area (Å²) in [4.78, 5) is 2.49. The summed E-state index contributed by atoms with van der Waals surface area (Å²) in [6, 6.07) is 9.64. The second kappa shape index (κ2) is 8.55.